The summed E-state index contributed by atoms with van der Waals surface area (Å²) in [6.07, 6.45) is 4.46. The molecule has 0 spiro atoms. The lowest BCUT2D eigenvalue weighted by Crippen LogP contribution is -2.26. The van der Waals surface area contributed by atoms with Gasteiger partial charge in [0.2, 0.25) is 0 Å². The van der Waals surface area contributed by atoms with Crippen LogP contribution >= 0.6 is 0 Å². The van der Waals surface area contributed by atoms with E-state index in [1.165, 1.54) is 0 Å². The van der Waals surface area contributed by atoms with E-state index in [0.29, 0.717) is 18.8 Å². The van der Waals surface area contributed by atoms with Gasteiger partial charge in [-0.15, -0.1) is 0 Å². The van der Waals surface area contributed by atoms with Crippen molar-refractivity contribution in [2.24, 2.45) is 0 Å². The molecule has 0 unspecified atom stereocenters. The van der Waals surface area contributed by atoms with Crippen LogP contribution in [0.5, 0.6) is 11.5 Å². The van der Waals surface area contributed by atoms with Crippen LogP contribution < -0.4 is 4.74 Å². The van der Waals surface area contributed by atoms with E-state index < -0.39 is 0 Å². The lowest BCUT2D eigenvalue weighted by Gasteiger charge is -2.26. The predicted molar refractivity (Wildman–Crippen MR) is 120 cm³/mol. The zero-order chi connectivity index (χ0) is 21.6. The molecule has 158 valence electrons. The van der Waals surface area contributed by atoms with E-state index in [9.17, 15) is 5.11 Å². The zero-order valence-electron chi connectivity index (χ0n) is 18.3. The lowest BCUT2D eigenvalue weighted by atomic mass is 9.85. The molecule has 0 fully saturated rings. The molecule has 1 aromatic carbocycles. The second-order valence-electron chi connectivity index (χ2n) is 8.54. The van der Waals surface area contributed by atoms with Gasteiger partial charge in [0.1, 0.15) is 11.5 Å². The highest BCUT2D eigenvalue weighted by atomic mass is 16.5. The fraction of sp³-hybridized carbons (Fsp3) is 0.360. The molecule has 3 rings (SSSR count). The van der Waals surface area contributed by atoms with Crippen molar-refractivity contribution in [2.45, 2.75) is 45.7 Å². The van der Waals surface area contributed by atoms with Crippen molar-refractivity contribution in [1.82, 2.24) is 14.9 Å². The Kier molecular flexibility index (Phi) is 7.06. The molecule has 30 heavy (non-hydrogen) atoms. The summed E-state index contributed by atoms with van der Waals surface area (Å²) in [7, 11) is 1.66. The van der Waals surface area contributed by atoms with E-state index in [-0.39, 0.29) is 5.41 Å². The summed E-state index contributed by atoms with van der Waals surface area (Å²) in [5, 5.41) is 11.0. The number of nitrogens with zero attached hydrogens (tertiary/aromatic N) is 3. The lowest BCUT2D eigenvalue weighted by molar-refractivity contribution is 0.251. The summed E-state index contributed by atoms with van der Waals surface area (Å²) in [5.74, 6) is 1.10. The smallest absolute Gasteiger partial charge is 0.124 e. The third-order valence-corrected chi connectivity index (χ3v) is 5.12. The van der Waals surface area contributed by atoms with Crippen molar-refractivity contribution in [3.8, 4) is 11.5 Å². The maximum atomic E-state index is 11.0. The standard InChI is InChI=1S/C25H31N3O2/c1-25(2,3)23-16-22(30-4)15-19(24(23)29)17-28(18-21-10-6-8-13-27-21)14-11-20-9-5-7-12-26-20/h5-10,12-13,15-16,29H,11,14,17-18H2,1-4H3. The first-order valence-corrected chi connectivity index (χ1v) is 10.3. The Balaban J connectivity index is 1.88. The number of phenolic OH excluding ortho intramolecular Hbond substituents is 1. The second-order valence-corrected chi connectivity index (χ2v) is 8.54. The first-order chi connectivity index (χ1) is 14.4. The Bertz CT molecular complexity index is 938. The number of methoxy groups -OCH3 is 1. The van der Waals surface area contributed by atoms with Crippen LogP contribution in [0, 0.1) is 0 Å². The normalized spacial score (nSPS) is 11.6. The van der Waals surface area contributed by atoms with Crippen LogP contribution in [0.2, 0.25) is 0 Å². The molecule has 2 aromatic heterocycles. The van der Waals surface area contributed by atoms with E-state index in [2.05, 4.69) is 35.6 Å². The summed E-state index contributed by atoms with van der Waals surface area (Å²) in [5.41, 5.74) is 3.61. The highest BCUT2D eigenvalue weighted by molar-refractivity contribution is 5.49. The minimum absolute atomic E-state index is 0.187. The first-order valence-electron chi connectivity index (χ1n) is 10.3. The molecule has 5 heteroatoms. The number of hydrogen-bond acceptors (Lipinski definition) is 5. The monoisotopic (exact) mass is 405 g/mol. The molecule has 0 saturated heterocycles. The topological polar surface area (TPSA) is 58.5 Å². The Morgan fingerprint density at radius 1 is 0.933 bits per heavy atom. The summed E-state index contributed by atoms with van der Waals surface area (Å²) in [6.45, 7) is 8.37. The van der Waals surface area contributed by atoms with Gasteiger partial charge in [0.05, 0.1) is 12.8 Å². The van der Waals surface area contributed by atoms with E-state index in [1.54, 1.807) is 7.11 Å². The van der Waals surface area contributed by atoms with Crippen LogP contribution in [0.4, 0.5) is 0 Å². The van der Waals surface area contributed by atoms with Gasteiger partial charge >= 0.3 is 0 Å². The molecule has 0 amide bonds. The van der Waals surface area contributed by atoms with E-state index in [0.717, 1.165) is 41.2 Å². The van der Waals surface area contributed by atoms with Crippen LogP contribution in [-0.2, 0) is 24.9 Å². The predicted octanol–water partition coefficient (Wildman–Crippen LogP) is 4.73. The third-order valence-electron chi connectivity index (χ3n) is 5.12. The van der Waals surface area contributed by atoms with Crippen LogP contribution in [0.1, 0.15) is 43.3 Å². The van der Waals surface area contributed by atoms with Gasteiger partial charge in [0.15, 0.2) is 0 Å². The van der Waals surface area contributed by atoms with E-state index >= 15 is 0 Å². The fourth-order valence-corrected chi connectivity index (χ4v) is 3.47. The van der Waals surface area contributed by atoms with Gasteiger partial charge in [-0.2, -0.15) is 0 Å². The minimum atomic E-state index is -0.187. The Labute approximate surface area is 179 Å². The number of aromatic nitrogens is 2. The molecule has 0 aliphatic carbocycles. The highest BCUT2D eigenvalue weighted by Gasteiger charge is 2.23. The molecule has 3 aromatic rings. The van der Waals surface area contributed by atoms with Gasteiger partial charge < -0.3 is 9.84 Å². The first kappa shape index (κ1) is 21.8. The van der Waals surface area contributed by atoms with Crippen molar-refractivity contribution in [3.63, 3.8) is 0 Å². The van der Waals surface area contributed by atoms with Gasteiger partial charge in [-0.25, -0.2) is 0 Å². The molecule has 5 nitrogen and oxygen atoms in total. The Hall–Kier alpha value is -2.92. The van der Waals surface area contributed by atoms with E-state index in [1.807, 2.05) is 60.9 Å². The van der Waals surface area contributed by atoms with Gasteiger partial charge in [-0.1, -0.05) is 32.9 Å². The Morgan fingerprint density at radius 2 is 1.60 bits per heavy atom. The van der Waals surface area contributed by atoms with Gasteiger partial charge in [-0.05, 0) is 41.8 Å². The van der Waals surface area contributed by atoms with Crippen LogP contribution in [0.3, 0.4) is 0 Å². The average Bonchev–Trinajstić information content (AvgIpc) is 2.74. The number of hydrogen-bond donors (Lipinski definition) is 1. The SMILES string of the molecule is COc1cc(CN(CCc2ccccn2)Cc2ccccn2)c(O)c(C(C)(C)C)c1. The summed E-state index contributed by atoms with van der Waals surface area (Å²) >= 11 is 0. The highest BCUT2D eigenvalue weighted by Crippen LogP contribution is 2.37. The number of phenols is 1. The van der Waals surface area contributed by atoms with Gasteiger partial charge in [-0.3, -0.25) is 14.9 Å². The van der Waals surface area contributed by atoms with Crippen molar-refractivity contribution >= 4 is 0 Å². The van der Waals surface area contributed by atoms with Gasteiger partial charge in [0, 0.05) is 55.3 Å². The van der Waals surface area contributed by atoms with Crippen LogP contribution in [0.25, 0.3) is 0 Å². The third kappa shape index (κ3) is 5.80. The van der Waals surface area contributed by atoms with Crippen molar-refractivity contribution in [2.75, 3.05) is 13.7 Å². The molecule has 1 N–H and O–H groups in total. The molecule has 0 bridgehead atoms. The molecule has 0 radical (unpaired) electrons. The fourth-order valence-electron chi connectivity index (χ4n) is 3.47. The molecular weight excluding hydrogens is 374 g/mol. The molecule has 0 atom stereocenters. The van der Waals surface area contributed by atoms with E-state index in [4.69, 9.17) is 4.74 Å². The van der Waals surface area contributed by atoms with Crippen LogP contribution in [-0.4, -0.2) is 33.6 Å². The average molecular weight is 406 g/mol. The Morgan fingerprint density at radius 3 is 2.17 bits per heavy atom. The molecular formula is C25H31N3O2. The van der Waals surface area contributed by atoms with Gasteiger partial charge in [0.25, 0.3) is 0 Å². The van der Waals surface area contributed by atoms with Crippen molar-refractivity contribution < 1.29 is 9.84 Å². The number of rotatable bonds is 8. The minimum Gasteiger partial charge on any atom is -0.507 e. The molecule has 0 aliphatic rings. The number of benzene rings is 1. The zero-order valence-corrected chi connectivity index (χ0v) is 18.3. The second kappa shape index (κ2) is 9.72. The van der Waals surface area contributed by atoms with Crippen LogP contribution in [0.15, 0.2) is 60.9 Å². The quantitative estimate of drug-likeness (QED) is 0.587. The number of ether oxygens (including phenoxy) is 1. The maximum absolute atomic E-state index is 11.0. The maximum Gasteiger partial charge on any atom is 0.124 e. The van der Waals surface area contributed by atoms with Crippen molar-refractivity contribution in [1.29, 1.82) is 0 Å². The largest absolute Gasteiger partial charge is 0.507 e. The number of pyridine rings is 2. The number of aromatic hydroxyl groups is 1. The summed E-state index contributed by atoms with van der Waals surface area (Å²) < 4.78 is 5.52. The summed E-state index contributed by atoms with van der Waals surface area (Å²) in [4.78, 5) is 11.2. The molecule has 0 saturated carbocycles. The summed E-state index contributed by atoms with van der Waals surface area (Å²) in [6, 6.07) is 15.8. The molecule has 0 aliphatic heterocycles. The van der Waals surface area contributed by atoms with Crippen molar-refractivity contribution in [3.05, 3.63) is 83.4 Å². The molecule has 2 heterocycles.